The lowest BCUT2D eigenvalue weighted by Gasteiger charge is -2.11. The minimum atomic E-state index is -0.806. The van der Waals surface area contributed by atoms with Gasteiger partial charge in [0.1, 0.15) is 0 Å². The van der Waals surface area contributed by atoms with Gasteiger partial charge >= 0.3 is 12.0 Å². The van der Waals surface area contributed by atoms with Crippen LogP contribution in [0.1, 0.15) is 10.4 Å². The molecule has 0 heterocycles. The summed E-state index contributed by atoms with van der Waals surface area (Å²) in [6, 6.07) is 1.96. The Morgan fingerprint density at radius 1 is 1.25 bits per heavy atom. The summed E-state index contributed by atoms with van der Waals surface area (Å²) in [5.41, 5.74) is 0.0709. The smallest absolute Gasteiger partial charge is 0.338 e. The minimum Gasteiger partial charge on any atom is -0.493 e. The SMILES string of the molecule is C=CCNC(=O)NC(=O)COC(=O)c1cc(Cl)c(OC)c(OC)c1. The van der Waals surface area contributed by atoms with Crippen LogP contribution in [0, 0.1) is 0 Å². The number of halogens is 1. The summed E-state index contributed by atoms with van der Waals surface area (Å²) >= 11 is 5.98. The van der Waals surface area contributed by atoms with E-state index in [9.17, 15) is 14.4 Å². The molecule has 0 aliphatic heterocycles. The third-order valence-electron chi connectivity index (χ3n) is 2.66. The maximum absolute atomic E-state index is 12.0. The van der Waals surface area contributed by atoms with Crippen LogP contribution < -0.4 is 20.1 Å². The maximum atomic E-state index is 12.0. The molecular formula is C15H17ClN2O6. The highest BCUT2D eigenvalue weighted by Gasteiger charge is 2.17. The second-order valence-corrected chi connectivity index (χ2v) is 4.72. The first-order chi connectivity index (χ1) is 11.4. The average molecular weight is 357 g/mol. The molecule has 24 heavy (non-hydrogen) atoms. The molecule has 130 valence electrons. The summed E-state index contributed by atoms with van der Waals surface area (Å²) < 4.78 is 14.9. The number of hydrogen-bond donors (Lipinski definition) is 2. The fraction of sp³-hybridized carbons (Fsp3) is 0.267. The molecule has 9 heteroatoms. The van der Waals surface area contributed by atoms with E-state index in [1.807, 2.05) is 5.32 Å². The van der Waals surface area contributed by atoms with Gasteiger partial charge in [-0.2, -0.15) is 0 Å². The van der Waals surface area contributed by atoms with Crippen molar-refractivity contribution in [2.45, 2.75) is 0 Å². The Morgan fingerprint density at radius 2 is 1.96 bits per heavy atom. The summed E-state index contributed by atoms with van der Waals surface area (Å²) in [7, 11) is 2.79. The van der Waals surface area contributed by atoms with Gasteiger partial charge in [-0.15, -0.1) is 6.58 Å². The van der Waals surface area contributed by atoms with Crippen molar-refractivity contribution in [2.24, 2.45) is 0 Å². The number of urea groups is 1. The average Bonchev–Trinajstić information content (AvgIpc) is 2.56. The van der Waals surface area contributed by atoms with E-state index in [1.54, 1.807) is 0 Å². The molecule has 0 spiro atoms. The van der Waals surface area contributed by atoms with E-state index in [0.29, 0.717) is 0 Å². The van der Waals surface area contributed by atoms with Crippen LogP contribution in [0.2, 0.25) is 5.02 Å². The Kier molecular flexibility index (Phi) is 7.57. The van der Waals surface area contributed by atoms with Crippen molar-refractivity contribution in [1.29, 1.82) is 0 Å². The van der Waals surface area contributed by atoms with E-state index in [4.69, 9.17) is 25.8 Å². The maximum Gasteiger partial charge on any atom is 0.338 e. The fourth-order valence-corrected chi connectivity index (χ4v) is 1.91. The Bertz CT molecular complexity index is 647. The molecule has 1 aromatic carbocycles. The van der Waals surface area contributed by atoms with Crippen molar-refractivity contribution in [1.82, 2.24) is 10.6 Å². The number of rotatable bonds is 7. The van der Waals surface area contributed by atoms with Crippen molar-refractivity contribution in [2.75, 3.05) is 27.4 Å². The van der Waals surface area contributed by atoms with Gasteiger partial charge in [0.05, 0.1) is 24.8 Å². The summed E-state index contributed by atoms with van der Waals surface area (Å²) in [4.78, 5) is 34.7. The first kappa shape index (κ1) is 19.3. The van der Waals surface area contributed by atoms with Crippen molar-refractivity contribution in [3.05, 3.63) is 35.4 Å². The van der Waals surface area contributed by atoms with Gasteiger partial charge in [0, 0.05) is 6.54 Å². The molecule has 8 nitrogen and oxygen atoms in total. The zero-order valence-electron chi connectivity index (χ0n) is 13.2. The monoisotopic (exact) mass is 356 g/mol. The number of benzene rings is 1. The molecule has 0 aliphatic carbocycles. The summed E-state index contributed by atoms with van der Waals surface area (Å²) in [5.74, 6) is -1.08. The van der Waals surface area contributed by atoms with Crippen LogP contribution in [0.3, 0.4) is 0 Å². The van der Waals surface area contributed by atoms with E-state index >= 15 is 0 Å². The van der Waals surface area contributed by atoms with Crippen LogP contribution in [0.5, 0.6) is 11.5 Å². The molecule has 1 rings (SSSR count). The van der Waals surface area contributed by atoms with Gasteiger partial charge < -0.3 is 19.5 Å². The quantitative estimate of drug-likeness (QED) is 0.567. The van der Waals surface area contributed by atoms with Gasteiger partial charge in [0.2, 0.25) is 0 Å². The Labute approximate surface area is 143 Å². The van der Waals surface area contributed by atoms with Crippen LogP contribution in [0.15, 0.2) is 24.8 Å². The van der Waals surface area contributed by atoms with Crippen molar-refractivity contribution < 1.29 is 28.6 Å². The Morgan fingerprint density at radius 3 is 2.54 bits per heavy atom. The zero-order valence-corrected chi connectivity index (χ0v) is 13.9. The third-order valence-corrected chi connectivity index (χ3v) is 2.94. The number of nitrogens with one attached hydrogen (secondary N) is 2. The molecule has 1 aromatic rings. The second kappa shape index (κ2) is 9.41. The van der Waals surface area contributed by atoms with Gasteiger partial charge in [0.25, 0.3) is 5.91 Å². The fourth-order valence-electron chi connectivity index (χ4n) is 1.62. The van der Waals surface area contributed by atoms with Gasteiger partial charge in [0.15, 0.2) is 18.1 Å². The van der Waals surface area contributed by atoms with Crippen LogP contribution >= 0.6 is 11.6 Å². The molecule has 0 aromatic heterocycles. The van der Waals surface area contributed by atoms with E-state index in [1.165, 1.54) is 32.4 Å². The van der Waals surface area contributed by atoms with Crippen molar-refractivity contribution in [3.63, 3.8) is 0 Å². The molecule has 0 fully saturated rings. The third kappa shape index (κ3) is 5.47. The van der Waals surface area contributed by atoms with E-state index in [-0.39, 0.29) is 28.6 Å². The number of ether oxygens (including phenoxy) is 3. The molecular weight excluding hydrogens is 340 g/mol. The molecule has 2 N–H and O–H groups in total. The molecule has 0 unspecified atom stereocenters. The zero-order chi connectivity index (χ0) is 18.1. The second-order valence-electron chi connectivity index (χ2n) is 4.32. The topological polar surface area (TPSA) is 103 Å². The van der Waals surface area contributed by atoms with Crippen LogP contribution in [-0.4, -0.2) is 45.3 Å². The summed E-state index contributed by atoms with van der Waals surface area (Å²) in [6.07, 6.45) is 1.45. The molecule has 3 amide bonds. The predicted molar refractivity (Wildman–Crippen MR) is 86.6 cm³/mol. The highest BCUT2D eigenvalue weighted by atomic mass is 35.5. The van der Waals surface area contributed by atoms with E-state index in [2.05, 4.69) is 11.9 Å². The summed E-state index contributed by atoms with van der Waals surface area (Å²) in [5, 5.41) is 4.48. The molecule has 0 aliphatic rings. The standard InChI is InChI=1S/C15H17ClN2O6/c1-4-5-17-15(21)18-12(19)8-24-14(20)9-6-10(16)13(23-3)11(7-9)22-2/h4,6-7H,1,5,8H2,2-3H3,(H2,17,18,19,21). The van der Waals surface area contributed by atoms with Gasteiger partial charge in [-0.05, 0) is 12.1 Å². The number of imide groups is 1. The molecule has 0 radical (unpaired) electrons. The largest absolute Gasteiger partial charge is 0.493 e. The highest BCUT2D eigenvalue weighted by Crippen LogP contribution is 2.36. The van der Waals surface area contributed by atoms with Crippen molar-refractivity contribution in [3.8, 4) is 11.5 Å². The van der Waals surface area contributed by atoms with Crippen LogP contribution in [0.25, 0.3) is 0 Å². The van der Waals surface area contributed by atoms with Gasteiger partial charge in [-0.3, -0.25) is 10.1 Å². The lowest BCUT2D eigenvalue weighted by molar-refractivity contribution is -0.123. The number of esters is 1. The molecule has 0 atom stereocenters. The van der Waals surface area contributed by atoms with Gasteiger partial charge in [-0.1, -0.05) is 17.7 Å². The molecule has 0 bridgehead atoms. The van der Waals surface area contributed by atoms with Crippen molar-refractivity contribution >= 4 is 29.5 Å². The minimum absolute atomic E-state index is 0.0709. The van der Waals surface area contributed by atoms with E-state index in [0.717, 1.165) is 0 Å². The first-order valence-electron chi connectivity index (χ1n) is 6.70. The molecule has 0 saturated carbocycles. The Hall–Kier alpha value is -2.74. The number of methoxy groups -OCH3 is 2. The molecule has 0 saturated heterocycles. The summed E-state index contributed by atoms with van der Waals surface area (Å²) in [6.45, 7) is 2.98. The van der Waals surface area contributed by atoms with Crippen LogP contribution in [-0.2, 0) is 9.53 Å². The van der Waals surface area contributed by atoms with Gasteiger partial charge in [-0.25, -0.2) is 9.59 Å². The van der Waals surface area contributed by atoms with Crippen LogP contribution in [0.4, 0.5) is 4.79 Å². The number of carbonyl (C=O) groups excluding carboxylic acids is 3. The lowest BCUT2D eigenvalue weighted by Crippen LogP contribution is -2.41. The lowest BCUT2D eigenvalue weighted by atomic mass is 10.2. The number of hydrogen-bond acceptors (Lipinski definition) is 6. The van der Waals surface area contributed by atoms with E-state index < -0.39 is 24.5 Å². The first-order valence-corrected chi connectivity index (χ1v) is 7.08. The highest BCUT2D eigenvalue weighted by molar-refractivity contribution is 6.32. The number of amides is 3. The Balaban J connectivity index is 2.65. The number of carbonyl (C=O) groups is 3. The predicted octanol–water partition coefficient (Wildman–Crippen LogP) is 1.53. The normalized spacial score (nSPS) is 9.62.